The average Bonchev–Trinajstić information content (AvgIpc) is 3.01. The number of hydrogen-bond donors (Lipinski definition) is 2. The molecule has 2 heterocycles. The first-order valence-electron chi connectivity index (χ1n) is 10.8. The summed E-state index contributed by atoms with van der Waals surface area (Å²) >= 11 is 0. The molecular formula is C24H30ClN3O3. The van der Waals surface area contributed by atoms with E-state index in [-0.39, 0.29) is 30.9 Å². The fourth-order valence-electron chi connectivity index (χ4n) is 4.45. The number of likely N-dealkylation sites (N-methyl/N-ethyl adjacent to an activating group) is 1. The van der Waals surface area contributed by atoms with E-state index in [0.717, 1.165) is 49.3 Å². The Balaban J connectivity index is 0.00000272. The van der Waals surface area contributed by atoms with Crippen LogP contribution < -0.4 is 10.2 Å². The highest BCUT2D eigenvalue weighted by Crippen LogP contribution is 2.33. The van der Waals surface area contributed by atoms with E-state index in [1.54, 1.807) is 0 Å². The number of fused-ring (bicyclic) bond motifs is 1. The van der Waals surface area contributed by atoms with Gasteiger partial charge in [0, 0.05) is 31.7 Å². The summed E-state index contributed by atoms with van der Waals surface area (Å²) in [7, 11) is 0. The zero-order valence-electron chi connectivity index (χ0n) is 17.8. The molecular weight excluding hydrogens is 414 g/mol. The number of carboxylic acids is 1. The Morgan fingerprint density at radius 2 is 1.81 bits per heavy atom. The monoisotopic (exact) mass is 443 g/mol. The molecule has 1 unspecified atom stereocenters. The van der Waals surface area contributed by atoms with Gasteiger partial charge < -0.3 is 15.3 Å². The van der Waals surface area contributed by atoms with Crippen molar-refractivity contribution in [3.05, 3.63) is 64.7 Å². The number of aryl methyl sites for hydroxylation is 1. The minimum Gasteiger partial charge on any atom is -0.481 e. The molecule has 2 amide bonds. The largest absolute Gasteiger partial charge is 0.481 e. The smallest absolute Gasteiger partial charge is 0.322 e. The van der Waals surface area contributed by atoms with Crippen LogP contribution in [0.4, 0.5) is 10.5 Å². The Labute approximate surface area is 189 Å². The predicted molar refractivity (Wildman–Crippen MR) is 124 cm³/mol. The highest BCUT2D eigenvalue weighted by Gasteiger charge is 2.33. The molecule has 1 atom stereocenters. The summed E-state index contributed by atoms with van der Waals surface area (Å²) in [5, 5.41) is 11.8. The highest BCUT2D eigenvalue weighted by molar-refractivity contribution is 5.95. The van der Waals surface area contributed by atoms with Crippen LogP contribution in [0, 0.1) is 0 Å². The van der Waals surface area contributed by atoms with Gasteiger partial charge in [-0.1, -0.05) is 37.3 Å². The number of rotatable bonds is 6. The van der Waals surface area contributed by atoms with E-state index in [2.05, 4.69) is 35.3 Å². The Kier molecular flexibility index (Phi) is 7.57. The molecule has 0 aromatic heterocycles. The summed E-state index contributed by atoms with van der Waals surface area (Å²) in [6.07, 6.45) is 2.70. The Morgan fingerprint density at radius 3 is 2.48 bits per heavy atom. The summed E-state index contributed by atoms with van der Waals surface area (Å²) in [5.74, 6) is -0.791. The molecule has 166 valence electrons. The third kappa shape index (κ3) is 5.20. The van der Waals surface area contributed by atoms with Crippen LogP contribution in [-0.4, -0.2) is 48.2 Å². The van der Waals surface area contributed by atoms with Gasteiger partial charge in [-0.15, -0.1) is 12.4 Å². The summed E-state index contributed by atoms with van der Waals surface area (Å²) in [4.78, 5) is 27.8. The van der Waals surface area contributed by atoms with E-state index in [4.69, 9.17) is 5.11 Å². The van der Waals surface area contributed by atoms with Crippen LogP contribution in [0.25, 0.3) is 0 Å². The lowest BCUT2D eigenvalue weighted by Crippen LogP contribution is -2.29. The lowest BCUT2D eigenvalue weighted by molar-refractivity contribution is -0.136. The number of hydrogen-bond acceptors (Lipinski definition) is 3. The van der Waals surface area contributed by atoms with Gasteiger partial charge >= 0.3 is 12.0 Å². The lowest BCUT2D eigenvalue weighted by atomic mass is 9.99. The number of carbonyl (C=O) groups is 2. The van der Waals surface area contributed by atoms with E-state index < -0.39 is 5.97 Å². The van der Waals surface area contributed by atoms with Crippen molar-refractivity contribution in [3.8, 4) is 0 Å². The van der Waals surface area contributed by atoms with Gasteiger partial charge in [-0.25, -0.2) is 4.79 Å². The Morgan fingerprint density at radius 1 is 1.10 bits per heavy atom. The zero-order chi connectivity index (χ0) is 21.1. The molecule has 4 rings (SSSR count). The van der Waals surface area contributed by atoms with Crippen molar-refractivity contribution in [2.75, 3.05) is 31.1 Å². The molecule has 7 heteroatoms. The van der Waals surface area contributed by atoms with Crippen molar-refractivity contribution in [2.45, 2.75) is 38.6 Å². The molecule has 2 aliphatic heterocycles. The second-order valence-corrected chi connectivity index (χ2v) is 8.09. The summed E-state index contributed by atoms with van der Waals surface area (Å²) < 4.78 is 0. The molecule has 6 nitrogen and oxygen atoms in total. The van der Waals surface area contributed by atoms with Gasteiger partial charge in [-0.05, 0) is 60.2 Å². The quantitative estimate of drug-likeness (QED) is 0.711. The first-order valence-corrected chi connectivity index (χ1v) is 10.8. The van der Waals surface area contributed by atoms with Gasteiger partial charge in [0.05, 0.1) is 6.04 Å². The van der Waals surface area contributed by atoms with Crippen molar-refractivity contribution in [1.82, 2.24) is 10.2 Å². The van der Waals surface area contributed by atoms with Crippen LogP contribution >= 0.6 is 12.4 Å². The fraction of sp³-hybridized carbons (Fsp3) is 0.417. The van der Waals surface area contributed by atoms with Gasteiger partial charge in [0.15, 0.2) is 0 Å². The Hall–Kier alpha value is -2.57. The third-order valence-electron chi connectivity index (χ3n) is 6.28. The Bertz CT molecular complexity index is 932. The van der Waals surface area contributed by atoms with Gasteiger partial charge in [-0.2, -0.15) is 0 Å². The van der Waals surface area contributed by atoms with Crippen molar-refractivity contribution in [2.24, 2.45) is 0 Å². The number of halogens is 1. The molecule has 0 bridgehead atoms. The number of carbonyl (C=O) groups excluding carboxylic acids is 1. The standard InChI is InChI=1S/C24H29N3O3.ClH/c1-2-26-13-11-18-8-9-21(15-20(18)12-14-26)27-22(16-25-24(27)30)19-6-3-17(4-7-19)5-10-23(28)29;/h3-4,6-9,15,22H,2,5,10-14,16H2,1H3,(H,25,30)(H,28,29);1H. The first-order chi connectivity index (χ1) is 14.5. The number of benzene rings is 2. The average molecular weight is 444 g/mol. The van der Waals surface area contributed by atoms with Crippen molar-refractivity contribution >= 4 is 30.1 Å². The minimum absolute atomic E-state index is 0. The van der Waals surface area contributed by atoms with Crippen molar-refractivity contribution in [3.63, 3.8) is 0 Å². The minimum atomic E-state index is -0.791. The van der Waals surface area contributed by atoms with E-state index >= 15 is 0 Å². The number of amides is 2. The maximum atomic E-state index is 12.7. The van der Waals surface area contributed by atoms with Gasteiger partial charge in [0.2, 0.25) is 0 Å². The first kappa shape index (κ1) is 23.1. The van der Waals surface area contributed by atoms with Crippen molar-refractivity contribution in [1.29, 1.82) is 0 Å². The molecule has 0 spiro atoms. The molecule has 1 saturated heterocycles. The van der Waals surface area contributed by atoms with Gasteiger partial charge in [0.1, 0.15) is 0 Å². The molecule has 0 radical (unpaired) electrons. The van der Waals surface area contributed by atoms with E-state index in [1.165, 1.54) is 11.1 Å². The van der Waals surface area contributed by atoms with Gasteiger partial charge in [0.25, 0.3) is 0 Å². The van der Waals surface area contributed by atoms with Crippen LogP contribution in [0.15, 0.2) is 42.5 Å². The van der Waals surface area contributed by atoms with Crippen LogP contribution in [-0.2, 0) is 24.1 Å². The van der Waals surface area contributed by atoms with E-state index in [1.807, 2.05) is 29.2 Å². The normalized spacial score (nSPS) is 18.7. The van der Waals surface area contributed by atoms with Gasteiger partial charge in [-0.3, -0.25) is 9.69 Å². The highest BCUT2D eigenvalue weighted by atomic mass is 35.5. The second-order valence-electron chi connectivity index (χ2n) is 8.09. The number of carboxylic acid groups (broad SMARTS) is 1. The summed E-state index contributed by atoms with van der Waals surface area (Å²) in [5.41, 5.74) is 5.71. The number of nitrogens with zero attached hydrogens (tertiary/aromatic N) is 2. The molecule has 2 aromatic rings. The predicted octanol–water partition coefficient (Wildman–Crippen LogP) is 3.82. The molecule has 0 aliphatic carbocycles. The summed E-state index contributed by atoms with van der Waals surface area (Å²) in [6.45, 7) is 5.98. The van der Waals surface area contributed by atoms with Crippen LogP contribution in [0.3, 0.4) is 0 Å². The van der Waals surface area contributed by atoms with Crippen LogP contribution in [0.1, 0.15) is 41.6 Å². The molecule has 2 N–H and O–H groups in total. The molecule has 31 heavy (non-hydrogen) atoms. The second kappa shape index (κ2) is 10.2. The fourth-order valence-corrected chi connectivity index (χ4v) is 4.45. The van der Waals surface area contributed by atoms with E-state index in [9.17, 15) is 9.59 Å². The van der Waals surface area contributed by atoms with Crippen LogP contribution in [0.5, 0.6) is 0 Å². The molecule has 2 aromatic carbocycles. The topological polar surface area (TPSA) is 72.9 Å². The number of anilines is 1. The van der Waals surface area contributed by atoms with Crippen molar-refractivity contribution < 1.29 is 14.7 Å². The number of urea groups is 1. The maximum Gasteiger partial charge on any atom is 0.322 e. The molecule has 2 aliphatic rings. The molecule has 1 fully saturated rings. The maximum absolute atomic E-state index is 12.7. The third-order valence-corrected chi connectivity index (χ3v) is 6.28. The number of aliphatic carboxylic acids is 1. The molecule has 0 saturated carbocycles. The van der Waals surface area contributed by atoms with E-state index in [0.29, 0.717) is 13.0 Å². The lowest BCUT2D eigenvalue weighted by Gasteiger charge is -2.25. The number of nitrogens with one attached hydrogen (secondary N) is 1. The SMILES string of the molecule is CCN1CCc2ccc(N3C(=O)NCC3c3ccc(CCC(=O)O)cc3)cc2CC1.Cl. The zero-order valence-corrected chi connectivity index (χ0v) is 18.7. The summed E-state index contributed by atoms with van der Waals surface area (Å²) in [6, 6.07) is 14.3. The van der Waals surface area contributed by atoms with Crippen LogP contribution in [0.2, 0.25) is 0 Å².